The largest absolute Gasteiger partial charge is 0.389 e. The standard InChI is InChI=1S/C20H25ClN2O2/c21-18-7-4-8-19(13-18)23-11-9-22(10-12-23)14-20(24)16-25-15-17-5-2-1-3-6-17/h1-8,13,20,24H,9-12,14-16H2. The Hall–Kier alpha value is -1.59. The van der Waals surface area contributed by atoms with Crippen molar-refractivity contribution in [1.29, 1.82) is 0 Å². The summed E-state index contributed by atoms with van der Waals surface area (Å²) in [6.45, 7) is 5.31. The van der Waals surface area contributed by atoms with Crippen LogP contribution in [0.4, 0.5) is 5.69 Å². The molecule has 2 aromatic rings. The molecular weight excluding hydrogens is 336 g/mol. The van der Waals surface area contributed by atoms with Crippen LogP contribution in [0.2, 0.25) is 5.02 Å². The molecule has 1 unspecified atom stereocenters. The van der Waals surface area contributed by atoms with Crippen LogP contribution in [0.1, 0.15) is 5.56 Å². The van der Waals surface area contributed by atoms with E-state index in [-0.39, 0.29) is 0 Å². The zero-order chi connectivity index (χ0) is 17.5. The normalized spacial score (nSPS) is 16.8. The van der Waals surface area contributed by atoms with Crippen molar-refractivity contribution in [2.24, 2.45) is 0 Å². The molecule has 0 saturated carbocycles. The highest BCUT2D eigenvalue weighted by atomic mass is 35.5. The Bertz CT molecular complexity index is 645. The van der Waals surface area contributed by atoms with Crippen LogP contribution in [0, 0.1) is 0 Å². The van der Waals surface area contributed by atoms with Crippen LogP contribution >= 0.6 is 11.6 Å². The minimum absolute atomic E-state index is 0.364. The summed E-state index contributed by atoms with van der Waals surface area (Å²) in [5.74, 6) is 0. The Labute approximate surface area is 154 Å². The van der Waals surface area contributed by atoms with Crippen molar-refractivity contribution in [3.63, 3.8) is 0 Å². The third kappa shape index (κ3) is 5.72. The highest BCUT2D eigenvalue weighted by Crippen LogP contribution is 2.20. The Kier molecular flexibility index (Phi) is 6.70. The number of nitrogens with zero attached hydrogens (tertiary/aromatic N) is 2. The number of benzene rings is 2. The van der Waals surface area contributed by atoms with Crippen molar-refractivity contribution in [2.75, 3.05) is 44.2 Å². The van der Waals surface area contributed by atoms with E-state index in [2.05, 4.69) is 15.9 Å². The van der Waals surface area contributed by atoms with E-state index in [9.17, 15) is 5.11 Å². The van der Waals surface area contributed by atoms with E-state index in [1.54, 1.807) is 0 Å². The van der Waals surface area contributed by atoms with E-state index >= 15 is 0 Å². The molecule has 0 spiro atoms. The molecule has 3 rings (SSSR count). The third-order valence-electron chi connectivity index (χ3n) is 4.44. The predicted molar refractivity (Wildman–Crippen MR) is 102 cm³/mol. The molecule has 2 aromatic carbocycles. The van der Waals surface area contributed by atoms with E-state index in [4.69, 9.17) is 16.3 Å². The van der Waals surface area contributed by atoms with Crippen molar-refractivity contribution >= 4 is 17.3 Å². The van der Waals surface area contributed by atoms with Gasteiger partial charge in [0.2, 0.25) is 0 Å². The Morgan fingerprint density at radius 3 is 2.48 bits per heavy atom. The predicted octanol–water partition coefficient (Wildman–Crippen LogP) is 3.04. The molecule has 0 amide bonds. The minimum Gasteiger partial charge on any atom is -0.389 e. The molecule has 4 nitrogen and oxygen atoms in total. The van der Waals surface area contributed by atoms with Crippen LogP contribution in [0.15, 0.2) is 54.6 Å². The number of halogens is 1. The smallest absolute Gasteiger partial charge is 0.0900 e. The summed E-state index contributed by atoms with van der Waals surface area (Å²) in [7, 11) is 0. The molecule has 0 bridgehead atoms. The topological polar surface area (TPSA) is 35.9 Å². The van der Waals surface area contributed by atoms with Gasteiger partial charge in [0.05, 0.1) is 19.3 Å². The molecule has 0 aliphatic carbocycles. The van der Waals surface area contributed by atoms with Gasteiger partial charge in [0, 0.05) is 43.4 Å². The molecular formula is C20H25ClN2O2. The number of anilines is 1. The number of hydrogen-bond donors (Lipinski definition) is 1. The number of β-amino-alcohol motifs (C(OH)–C–C–N with tert-alkyl or cyclic N) is 1. The Morgan fingerprint density at radius 2 is 1.76 bits per heavy atom. The van der Waals surface area contributed by atoms with Crippen molar-refractivity contribution in [1.82, 2.24) is 4.90 Å². The first-order chi connectivity index (χ1) is 12.2. The van der Waals surface area contributed by atoms with Crippen LogP contribution < -0.4 is 4.90 Å². The second-order valence-corrected chi connectivity index (χ2v) is 6.86. The molecule has 25 heavy (non-hydrogen) atoms. The highest BCUT2D eigenvalue weighted by molar-refractivity contribution is 6.30. The molecule has 1 fully saturated rings. The summed E-state index contributed by atoms with van der Waals surface area (Å²) in [6.07, 6.45) is -0.457. The number of hydrogen-bond acceptors (Lipinski definition) is 4. The maximum absolute atomic E-state index is 10.2. The van der Waals surface area contributed by atoms with Gasteiger partial charge in [-0.1, -0.05) is 48.0 Å². The SMILES string of the molecule is OC(COCc1ccccc1)CN1CCN(c2cccc(Cl)c2)CC1. The van der Waals surface area contributed by atoms with E-state index < -0.39 is 6.10 Å². The van der Waals surface area contributed by atoms with Crippen molar-refractivity contribution in [2.45, 2.75) is 12.7 Å². The van der Waals surface area contributed by atoms with Gasteiger partial charge in [0.25, 0.3) is 0 Å². The maximum atomic E-state index is 10.2. The minimum atomic E-state index is -0.457. The first-order valence-corrected chi connectivity index (χ1v) is 9.11. The van der Waals surface area contributed by atoms with Crippen LogP contribution in [-0.4, -0.2) is 55.4 Å². The van der Waals surface area contributed by atoms with Crippen molar-refractivity contribution in [3.8, 4) is 0 Å². The average Bonchev–Trinajstić information content (AvgIpc) is 2.63. The monoisotopic (exact) mass is 360 g/mol. The van der Waals surface area contributed by atoms with Crippen LogP contribution in [0.3, 0.4) is 0 Å². The molecule has 1 saturated heterocycles. The first kappa shape index (κ1) is 18.2. The molecule has 1 heterocycles. The Balaban J connectivity index is 1.37. The quantitative estimate of drug-likeness (QED) is 0.823. The van der Waals surface area contributed by atoms with Gasteiger partial charge in [-0.05, 0) is 23.8 Å². The van der Waals surface area contributed by atoms with Gasteiger partial charge in [-0.2, -0.15) is 0 Å². The van der Waals surface area contributed by atoms with Gasteiger partial charge in [-0.15, -0.1) is 0 Å². The van der Waals surface area contributed by atoms with E-state index in [1.165, 1.54) is 5.69 Å². The molecule has 5 heteroatoms. The molecule has 1 aliphatic heterocycles. The van der Waals surface area contributed by atoms with E-state index in [0.29, 0.717) is 19.8 Å². The maximum Gasteiger partial charge on any atom is 0.0900 e. The van der Waals surface area contributed by atoms with Crippen LogP contribution in [0.5, 0.6) is 0 Å². The van der Waals surface area contributed by atoms with Crippen molar-refractivity contribution < 1.29 is 9.84 Å². The zero-order valence-electron chi connectivity index (χ0n) is 14.4. The highest BCUT2D eigenvalue weighted by Gasteiger charge is 2.19. The second-order valence-electron chi connectivity index (χ2n) is 6.42. The van der Waals surface area contributed by atoms with Gasteiger partial charge in [0.1, 0.15) is 0 Å². The fraction of sp³-hybridized carbons (Fsp3) is 0.400. The summed E-state index contributed by atoms with van der Waals surface area (Å²) in [5, 5.41) is 11.0. The third-order valence-corrected chi connectivity index (χ3v) is 4.67. The van der Waals surface area contributed by atoms with Gasteiger partial charge >= 0.3 is 0 Å². The van der Waals surface area contributed by atoms with Gasteiger partial charge in [0.15, 0.2) is 0 Å². The second kappa shape index (κ2) is 9.20. The number of ether oxygens (including phenoxy) is 1. The fourth-order valence-electron chi connectivity index (χ4n) is 3.10. The zero-order valence-corrected chi connectivity index (χ0v) is 15.1. The Morgan fingerprint density at radius 1 is 1.00 bits per heavy atom. The van der Waals surface area contributed by atoms with Gasteiger partial charge in [-0.25, -0.2) is 0 Å². The number of piperazine rings is 1. The number of aliphatic hydroxyl groups excluding tert-OH is 1. The summed E-state index contributed by atoms with van der Waals surface area (Å²) in [5.41, 5.74) is 2.30. The van der Waals surface area contributed by atoms with Gasteiger partial charge < -0.3 is 14.7 Å². The van der Waals surface area contributed by atoms with Crippen molar-refractivity contribution in [3.05, 3.63) is 65.2 Å². The lowest BCUT2D eigenvalue weighted by molar-refractivity contribution is 0.00914. The van der Waals surface area contributed by atoms with Crippen LogP contribution in [0.25, 0.3) is 0 Å². The molecule has 1 aliphatic rings. The molecule has 0 aromatic heterocycles. The number of aliphatic hydroxyl groups is 1. The van der Waals surface area contributed by atoms with Gasteiger partial charge in [-0.3, -0.25) is 4.90 Å². The molecule has 134 valence electrons. The fourth-order valence-corrected chi connectivity index (χ4v) is 3.28. The summed E-state index contributed by atoms with van der Waals surface area (Å²) in [6, 6.07) is 18.0. The average molecular weight is 361 g/mol. The van der Waals surface area contributed by atoms with Crippen LogP contribution in [-0.2, 0) is 11.3 Å². The lowest BCUT2D eigenvalue weighted by Gasteiger charge is -2.36. The molecule has 1 atom stereocenters. The lowest BCUT2D eigenvalue weighted by atomic mass is 10.2. The number of rotatable bonds is 7. The summed E-state index contributed by atoms with van der Waals surface area (Å²) < 4.78 is 5.62. The molecule has 0 radical (unpaired) electrons. The summed E-state index contributed by atoms with van der Waals surface area (Å²) in [4.78, 5) is 4.62. The summed E-state index contributed by atoms with van der Waals surface area (Å²) >= 11 is 6.07. The van der Waals surface area contributed by atoms with E-state index in [1.807, 2.05) is 48.5 Å². The lowest BCUT2D eigenvalue weighted by Crippen LogP contribution is -2.49. The first-order valence-electron chi connectivity index (χ1n) is 8.73. The molecule has 1 N–H and O–H groups in total. The van der Waals surface area contributed by atoms with E-state index in [0.717, 1.165) is 36.8 Å².